The van der Waals surface area contributed by atoms with E-state index in [9.17, 15) is 4.79 Å². The normalized spacial score (nSPS) is 10.6. The maximum Gasteiger partial charge on any atom is 0.337 e. The Balaban J connectivity index is 2.87. The van der Waals surface area contributed by atoms with E-state index in [1.54, 1.807) is 12.1 Å². The second-order valence-electron chi connectivity index (χ2n) is 2.79. The van der Waals surface area contributed by atoms with Crippen LogP contribution in [0.15, 0.2) is 18.2 Å². The van der Waals surface area contributed by atoms with Crippen molar-refractivity contribution in [2.45, 2.75) is 0 Å². The number of halogens is 1. The van der Waals surface area contributed by atoms with E-state index in [1.165, 1.54) is 17.4 Å². The second-order valence-corrected chi connectivity index (χ2v) is 4.28. The second kappa shape index (κ2) is 3.15. The highest BCUT2D eigenvalue weighted by atomic mass is 35.5. The fourth-order valence-corrected chi connectivity index (χ4v) is 2.50. The maximum atomic E-state index is 10.9. The van der Waals surface area contributed by atoms with Gasteiger partial charge in [0.05, 0.1) is 15.3 Å². The van der Waals surface area contributed by atoms with Gasteiger partial charge in [-0.25, -0.2) is 4.79 Å². The molecule has 0 fully saturated rings. The zero-order chi connectivity index (χ0) is 10.3. The molecule has 2 aromatic rings. The summed E-state index contributed by atoms with van der Waals surface area (Å²) in [5, 5.41) is 10.7. The SMILES string of the molecule is Nc1cc2c(Cl)ccc(C(=O)O)c2s1. The topological polar surface area (TPSA) is 63.3 Å². The molecular formula is C9H6ClNO2S. The van der Waals surface area contributed by atoms with E-state index >= 15 is 0 Å². The van der Waals surface area contributed by atoms with E-state index in [0.717, 1.165) is 0 Å². The number of fused-ring (bicyclic) bond motifs is 1. The number of anilines is 1. The summed E-state index contributed by atoms with van der Waals surface area (Å²) in [6.07, 6.45) is 0. The van der Waals surface area contributed by atoms with Crippen molar-refractivity contribution < 1.29 is 9.90 Å². The molecule has 0 atom stereocenters. The van der Waals surface area contributed by atoms with Crippen molar-refractivity contribution in [1.82, 2.24) is 0 Å². The molecule has 1 heterocycles. The van der Waals surface area contributed by atoms with Crippen molar-refractivity contribution in [3.8, 4) is 0 Å². The number of carboxylic acid groups (broad SMARTS) is 1. The Morgan fingerprint density at radius 3 is 2.86 bits per heavy atom. The summed E-state index contributed by atoms with van der Waals surface area (Å²) >= 11 is 7.14. The molecule has 14 heavy (non-hydrogen) atoms. The quantitative estimate of drug-likeness (QED) is 0.788. The minimum absolute atomic E-state index is 0.242. The van der Waals surface area contributed by atoms with Crippen LogP contribution in [0.4, 0.5) is 5.00 Å². The molecule has 5 heteroatoms. The highest BCUT2D eigenvalue weighted by molar-refractivity contribution is 7.23. The van der Waals surface area contributed by atoms with Crippen LogP contribution in [0.1, 0.15) is 10.4 Å². The van der Waals surface area contributed by atoms with Crippen LogP contribution in [0, 0.1) is 0 Å². The fourth-order valence-electron chi connectivity index (χ4n) is 1.28. The number of hydrogen-bond donors (Lipinski definition) is 2. The third-order valence-corrected chi connectivity index (χ3v) is 3.21. The Labute approximate surface area is 88.7 Å². The first kappa shape index (κ1) is 9.30. The molecule has 0 saturated carbocycles. The highest BCUT2D eigenvalue weighted by Crippen LogP contribution is 2.35. The van der Waals surface area contributed by atoms with Crippen LogP contribution in [-0.2, 0) is 0 Å². The van der Waals surface area contributed by atoms with Gasteiger partial charge in [-0.1, -0.05) is 11.6 Å². The summed E-state index contributed by atoms with van der Waals surface area (Å²) in [7, 11) is 0. The predicted octanol–water partition coefficient (Wildman–Crippen LogP) is 2.84. The molecule has 1 aromatic carbocycles. The number of thiophene rings is 1. The number of nitrogen functional groups attached to an aromatic ring is 1. The molecule has 72 valence electrons. The molecule has 0 saturated heterocycles. The molecule has 0 amide bonds. The fraction of sp³-hybridized carbons (Fsp3) is 0. The standard InChI is InChI=1S/C9H6ClNO2S/c10-6-2-1-4(9(12)13)8-5(6)3-7(11)14-8/h1-3H,11H2,(H,12,13). The monoisotopic (exact) mass is 227 g/mol. The molecule has 1 aromatic heterocycles. The van der Waals surface area contributed by atoms with Crippen LogP contribution in [0.2, 0.25) is 5.02 Å². The third kappa shape index (κ3) is 1.32. The van der Waals surface area contributed by atoms with Gasteiger partial charge in [0.15, 0.2) is 0 Å². The first-order valence-electron chi connectivity index (χ1n) is 3.80. The molecule has 0 aliphatic rings. The number of benzene rings is 1. The molecule has 0 spiro atoms. The molecule has 3 nitrogen and oxygen atoms in total. The third-order valence-electron chi connectivity index (χ3n) is 1.88. The average molecular weight is 228 g/mol. The van der Waals surface area contributed by atoms with Crippen LogP contribution >= 0.6 is 22.9 Å². The van der Waals surface area contributed by atoms with Crippen LogP contribution in [-0.4, -0.2) is 11.1 Å². The molecule has 0 aliphatic heterocycles. The van der Waals surface area contributed by atoms with Gasteiger partial charge < -0.3 is 10.8 Å². The zero-order valence-electron chi connectivity index (χ0n) is 6.95. The Kier molecular flexibility index (Phi) is 2.09. The van der Waals surface area contributed by atoms with Crippen LogP contribution < -0.4 is 5.73 Å². The molecule has 3 N–H and O–H groups in total. The van der Waals surface area contributed by atoms with Crippen molar-refractivity contribution in [3.63, 3.8) is 0 Å². The van der Waals surface area contributed by atoms with Crippen molar-refractivity contribution >= 4 is 44.0 Å². The zero-order valence-corrected chi connectivity index (χ0v) is 8.52. The van der Waals surface area contributed by atoms with E-state index in [4.69, 9.17) is 22.4 Å². The van der Waals surface area contributed by atoms with E-state index in [-0.39, 0.29) is 5.56 Å². The summed E-state index contributed by atoms with van der Waals surface area (Å²) in [6.45, 7) is 0. The van der Waals surface area contributed by atoms with Crippen molar-refractivity contribution in [3.05, 3.63) is 28.8 Å². The largest absolute Gasteiger partial charge is 0.478 e. The minimum atomic E-state index is -0.964. The lowest BCUT2D eigenvalue weighted by molar-refractivity contribution is 0.0699. The summed E-state index contributed by atoms with van der Waals surface area (Å²) in [4.78, 5) is 10.9. The van der Waals surface area contributed by atoms with Crippen molar-refractivity contribution in [2.24, 2.45) is 0 Å². The summed E-state index contributed by atoms with van der Waals surface area (Å²) < 4.78 is 0.627. The molecule has 0 radical (unpaired) electrons. The van der Waals surface area contributed by atoms with Gasteiger partial charge in [-0.05, 0) is 18.2 Å². The Bertz CT molecular complexity index is 521. The molecule has 2 rings (SSSR count). The molecule has 0 bridgehead atoms. The van der Waals surface area contributed by atoms with Gasteiger partial charge >= 0.3 is 5.97 Å². The number of aromatic carboxylic acids is 1. The number of carboxylic acids is 1. The number of rotatable bonds is 1. The predicted molar refractivity (Wildman–Crippen MR) is 58.2 cm³/mol. The first-order valence-corrected chi connectivity index (χ1v) is 5.00. The maximum absolute atomic E-state index is 10.9. The summed E-state index contributed by atoms with van der Waals surface area (Å²) in [5.41, 5.74) is 5.84. The van der Waals surface area contributed by atoms with E-state index < -0.39 is 5.97 Å². The Hall–Kier alpha value is -1.26. The van der Waals surface area contributed by atoms with Gasteiger partial charge in [0.2, 0.25) is 0 Å². The number of nitrogens with two attached hydrogens (primary N) is 1. The molecule has 0 unspecified atom stereocenters. The minimum Gasteiger partial charge on any atom is -0.478 e. The van der Waals surface area contributed by atoms with Gasteiger partial charge in [-0.2, -0.15) is 0 Å². The van der Waals surface area contributed by atoms with Crippen molar-refractivity contribution in [1.29, 1.82) is 0 Å². The van der Waals surface area contributed by atoms with Crippen LogP contribution in [0.3, 0.4) is 0 Å². The summed E-state index contributed by atoms with van der Waals surface area (Å²) in [6, 6.07) is 4.75. The smallest absolute Gasteiger partial charge is 0.337 e. The lowest BCUT2D eigenvalue weighted by Gasteiger charge is -1.97. The number of hydrogen-bond acceptors (Lipinski definition) is 3. The van der Waals surface area contributed by atoms with Gasteiger partial charge in [-0.3, -0.25) is 0 Å². The van der Waals surface area contributed by atoms with Gasteiger partial charge in [0, 0.05) is 10.4 Å². The highest BCUT2D eigenvalue weighted by Gasteiger charge is 2.12. The molecule has 0 aliphatic carbocycles. The van der Waals surface area contributed by atoms with E-state index in [1.807, 2.05) is 0 Å². The van der Waals surface area contributed by atoms with Gasteiger partial charge in [0.1, 0.15) is 0 Å². The Morgan fingerprint density at radius 1 is 1.50 bits per heavy atom. The van der Waals surface area contributed by atoms with Gasteiger partial charge in [0.25, 0.3) is 0 Å². The van der Waals surface area contributed by atoms with Crippen molar-refractivity contribution in [2.75, 3.05) is 5.73 Å². The molecular weight excluding hydrogens is 222 g/mol. The van der Waals surface area contributed by atoms with Gasteiger partial charge in [-0.15, -0.1) is 11.3 Å². The average Bonchev–Trinajstić information content (AvgIpc) is 2.47. The lowest BCUT2D eigenvalue weighted by Crippen LogP contribution is -1.95. The number of carbonyl (C=O) groups is 1. The van der Waals surface area contributed by atoms with Crippen LogP contribution in [0.5, 0.6) is 0 Å². The Morgan fingerprint density at radius 2 is 2.21 bits per heavy atom. The lowest BCUT2D eigenvalue weighted by atomic mass is 10.2. The summed E-state index contributed by atoms with van der Waals surface area (Å²) in [5.74, 6) is -0.964. The van der Waals surface area contributed by atoms with E-state index in [0.29, 0.717) is 20.1 Å². The first-order chi connectivity index (χ1) is 6.59. The van der Waals surface area contributed by atoms with E-state index in [2.05, 4.69) is 0 Å². The van der Waals surface area contributed by atoms with Crippen LogP contribution in [0.25, 0.3) is 10.1 Å².